The molecule has 6 aromatic rings. The van der Waals surface area contributed by atoms with Gasteiger partial charge in [-0.1, -0.05) is 41.4 Å². The number of fused-ring (bicyclic) bond motifs is 4. The standard InChI is InChI=1S/C43H45Cl2N5O5/c1-23-18-30(19-24(2)38(23)45)55-17-9-12-31-32-14-15-33(44)37(36-26(4)46-47(6)27(36)5)40(32)50-25(3)21-49(42(51)41(31)50)34-13-7-10-28-20-35(43(52)53)48(39(28)34)22-29-11-8-16-54-29/h7,10,13-15,18-20,25,29H,8-9,11-12,16-17,21-22H2,1-6H3,(H,52,53)/t25-,29?/m1/s1. The van der Waals surface area contributed by atoms with Crippen molar-refractivity contribution >= 4 is 62.6 Å². The number of amides is 1. The topological polar surface area (TPSA) is 104 Å². The monoisotopic (exact) mass is 781 g/mol. The average Bonchev–Trinajstić information content (AvgIpc) is 3.93. The third-order valence-electron chi connectivity index (χ3n) is 11.4. The van der Waals surface area contributed by atoms with E-state index >= 15 is 4.79 Å². The number of hydrogen-bond donors (Lipinski definition) is 1. The van der Waals surface area contributed by atoms with Gasteiger partial charge in [0.1, 0.15) is 17.1 Å². The molecule has 0 spiro atoms. The Hall–Kier alpha value is -4.77. The Bertz CT molecular complexity index is 2500. The highest BCUT2D eigenvalue weighted by atomic mass is 35.5. The lowest BCUT2D eigenvalue weighted by Gasteiger charge is -2.35. The van der Waals surface area contributed by atoms with E-state index in [1.807, 2.05) is 91.4 Å². The summed E-state index contributed by atoms with van der Waals surface area (Å²) in [6.07, 6.45) is 2.91. The molecular weight excluding hydrogens is 737 g/mol. The van der Waals surface area contributed by atoms with Gasteiger partial charge in [-0.05, 0) is 107 Å². The van der Waals surface area contributed by atoms with E-state index in [4.69, 9.17) is 37.8 Å². The van der Waals surface area contributed by atoms with Gasteiger partial charge in [-0.3, -0.25) is 9.48 Å². The first kappa shape index (κ1) is 37.2. The number of hydrogen-bond acceptors (Lipinski definition) is 5. The molecule has 3 aromatic carbocycles. The van der Waals surface area contributed by atoms with Crippen LogP contribution >= 0.6 is 23.2 Å². The number of aromatic nitrogens is 4. The molecule has 1 saturated heterocycles. The van der Waals surface area contributed by atoms with Crippen LogP contribution in [0.25, 0.3) is 32.9 Å². The highest BCUT2D eigenvalue weighted by molar-refractivity contribution is 6.35. The van der Waals surface area contributed by atoms with E-state index in [2.05, 4.69) is 11.5 Å². The zero-order valence-corrected chi connectivity index (χ0v) is 33.5. The maximum atomic E-state index is 15.3. The summed E-state index contributed by atoms with van der Waals surface area (Å²) >= 11 is 13.6. The summed E-state index contributed by atoms with van der Waals surface area (Å²) in [5, 5.41) is 18.1. The molecule has 8 rings (SSSR count). The molecule has 10 nitrogen and oxygen atoms in total. The molecule has 0 saturated carbocycles. The van der Waals surface area contributed by atoms with Gasteiger partial charge in [-0.2, -0.15) is 5.10 Å². The molecule has 0 bridgehead atoms. The van der Waals surface area contributed by atoms with Gasteiger partial charge in [0, 0.05) is 65.4 Å². The third-order valence-corrected chi connectivity index (χ3v) is 12.3. The zero-order chi connectivity index (χ0) is 38.9. The normalized spacial score (nSPS) is 17.2. The number of carbonyl (C=O) groups is 2. The highest BCUT2D eigenvalue weighted by Gasteiger charge is 2.38. The molecular formula is C43H45Cl2N5O5. The second-order valence-corrected chi connectivity index (χ2v) is 15.9. The fraction of sp³-hybridized carbons (Fsp3) is 0.372. The van der Waals surface area contributed by atoms with Crippen LogP contribution in [0.2, 0.25) is 10.0 Å². The lowest BCUT2D eigenvalue weighted by atomic mass is 9.98. The highest BCUT2D eigenvalue weighted by Crippen LogP contribution is 2.46. The molecule has 1 fully saturated rings. The molecule has 2 atom stereocenters. The second-order valence-electron chi connectivity index (χ2n) is 15.1. The Morgan fingerprint density at radius 1 is 1.04 bits per heavy atom. The average molecular weight is 783 g/mol. The summed E-state index contributed by atoms with van der Waals surface area (Å²) in [6.45, 7) is 12.0. The molecule has 55 heavy (non-hydrogen) atoms. The van der Waals surface area contributed by atoms with Gasteiger partial charge in [-0.25, -0.2) is 4.79 Å². The van der Waals surface area contributed by atoms with Crippen molar-refractivity contribution in [2.75, 3.05) is 24.7 Å². The van der Waals surface area contributed by atoms with Crippen molar-refractivity contribution in [3.63, 3.8) is 0 Å². The van der Waals surface area contributed by atoms with Gasteiger partial charge in [-0.15, -0.1) is 0 Å². The van der Waals surface area contributed by atoms with Gasteiger partial charge in [0.2, 0.25) is 0 Å². The van der Waals surface area contributed by atoms with Gasteiger partial charge in [0.05, 0.1) is 40.1 Å². The van der Waals surface area contributed by atoms with Crippen LogP contribution in [-0.2, 0) is 24.8 Å². The van der Waals surface area contributed by atoms with Gasteiger partial charge in [0.15, 0.2) is 0 Å². The maximum Gasteiger partial charge on any atom is 0.352 e. The summed E-state index contributed by atoms with van der Waals surface area (Å²) in [7, 11) is 1.93. The van der Waals surface area contributed by atoms with E-state index in [-0.39, 0.29) is 23.7 Å². The number of carbonyl (C=O) groups excluding carboxylic acids is 1. The van der Waals surface area contributed by atoms with E-state index in [9.17, 15) is 9.90 Å². The fourth-order valence-electron chi connectivity index (χ4n) is 8.82. The lowest BCUT2D eigenvalue weighted by molar-refractivity contribution is 0.0672. The molecule has 5 heterocycles. The molecule has 1 amide bonds. The van der Waals surface area contributed by atoms with Crippen molar-refractivity contribution in [2.24, 2.45) is 7.05 Å². The molecule has 3 aromatic heterocycles. The summed E-state index contributed by atoms with van der Waals surface area (Å²) in [6, 6.07) is 15.1. The van der Waals surface area contributed by atoms with Crippen LogP contribution in [0.15, 0.2) is 48.5 Å². The smallest absolute Gasteiger partial charge is 0.352 e. The molecule has 0 aliphatic carbocycles. The zero-order valence-electron chi connectivity index (χ0n) is 32.0. The van der Waals surface area contributed by atoms with Crippen molar-refractivity contribution < 1.29 is 24.2 Å². The van der Waals surface area contributed by atoms with E-state index in [1.165, 1.54) is 0 Å². The van der Waals surface area contributed by atoms with Crippen LogP contribution in [0.1, 0.15) is 81.3 Å². The van der Waals surface area contributed by atoms with Gasteiger partial charge >= 0.3 is 5.97 Å². The van der Waals surface area contributed by atoms with Gasteiger partial charge in [0.25, 0.3) is 5.91 Å². The van der Waals surface area contributed by atoms with Crippen LogP contribution in [0, 0.1) is 27.7 Å². The van der Waals surface area contributed by atoms with Crippen molar-refractivity contribution in [1.29, 1.82) is 0 Å². The summed E-state index contributed by atoms with van der Waals surface area (Å²) in [4.78, 5) is 29.7. The Labute approximate surface area is 330 Å². The first-order valence-corrected chi connectivity index (χ1v) is 19.7. The fourth-order valence-corrected chi connectivity index (χ4v) is 9.17. The Morgan fingerprint density at radius 3 is 2.47 bits per heavy atom. The molecule has 286 valence electrons. The second kappa shape index (κ2) is 14.4. The molecule has 0 radical (unpaired) electrons. The minimum atomic E-state index is -1.02. The molecule has 2 aliphatic heterocycles. The minimum Gasteiger partial charge on any atom is -0.494 e. The SMILES string of the molecule is Cc1cc(OCCCc2c3n(c4c(-c5c(C)nn(C)c5C)c(Cl)ccc24)[C@H](C)CN(c2cccc4cc(C(=O)O)n(CC5CCCO5)c24)C3=O)cc(C)c1Cl. The number of benzene rings is 3. The van der Waals surface area contributed by atoms with Crippen LogP contribution in [0.4, 0.5) is 5.69 Å². The number of aromatic carboxylic acids is 1. The summed E-state index contributed by atoms with van der Waals surface area (Å²) < 4.78 is 18.1. The van der Waals surface area contributed by atoms with Crippen molar-refractivity contribution in [2.45, 2.75) is 79.0 Å². The van der Waals surface area contributed by atoms with Crippen molar-refractivity contribution in [1.82, 2.24) is 18.9 Å². The number of ether oxygens (including phenoxy) is 2. The number of aryl methyl sites for hydroxylation is 5. The Kier molecular flexibility index (Phi) is 9.72. The van der Waals surface area contributed by atoms with Crippen LogP contribution < -0.4 is 9.64 Å². The molecule has 2 aliphatic rings. The van der Waals surface area contributed by atoms with Crippen molar-refractivity contribution in [3.05, 3.63) is 98.0 Å². The number of rotatable bonds is 10. The van der Waals surface area contributed by atoms with Crippen LogP contribution in [0.5, 0.6) is 5.75 Å². The Balaban J connectivity index is 1.27. The van der Waals surface area contributed by atoms with E-state index < -0.39 is 5.97 Å². The van der Waals surface area contributed by atoms with E-state index in [0.29, 0.717) is 61.1 Å². The number of anilines is 1. The lowest BCUT2D eigenvalue weighted by Crippen LogP contribution is -2.43. The van der Waals surface area contributed by atoms with E-state index in [0.717, 1.165) is 79.1 Å². The predicted molar refractivity (Wildman–Crippen MR) is 218 cm³/mol. The number of nitrogens with zero attached hydrogens (tertiary/aromatic N) is 5. The first-order valence-electron chi connectivity index (χ1n) is 18.9. The van der Waals surface area contributed by atoms with Crippen LogP contribution in [0.3, 0.4) is 0 Å². The summed E-state index contributed by atoms with van der Waals surface area (Å²) in [5.41, 5.74) is 9.60. The van der Waals surface area contributed by atoms with Gasteiger partial charge < -0.3 is 28.6 Å². The number of halogens is 2. The minimum absolute atomic E-state index is 0.0997. The predicted octanol–water partition coefficient (Wildman–Crippen LogP) is 9.65. The molecule has 1 unspecified atom stereocenters. The maximum absolute atomic E-state index is 15.3. The van der Waals surface area contributed by atoms with Crippen LogP contribution in [-0.4, -0.2) is 61.8 Å². The van der Waals surface area contributed by atoms with Crippen molar-refractivity contribution in [3.8, 4) is 16.9 Å². The third kappa shape index (κ3) is 6.28. The number of para-hydroxylation sites is 1. The first-order chi connectivity index (χ1) is 26.3. The number of carboxylic acid groups (broad SMARTS) is 1. The molecule has 1 N–H and O–H groups in total. The largest absolute Gasteiger partial charge is 0.494 e. The molecule has 12 heteroatoms. The quantitative estimate of drug-likeness (QED) is 0.139. The Morgan fingerprint density at radius 2 is 1.80 bits per heavy atom. The number of carboxylic acids is 1. The summed E-state index contributed by atoms with van der Waals surface area (Å²) in [5.74, 6) is -0.405. The van der Waals surface area contributed by atoms with E-state index in [1.54, 1.807) is 6.07 Å².